The Labute approximate surface area is 223 Å². The van der Waals surface area contributed by atoms with Crippen molar-refractivity contribution in [1.29, 1.82) is 0 Å². The number of amidine groups is 1. The molecule has 0 unspecified atom stereocenters. The number of aliphatic imine (C=N–C) groups is 1. The third-order valence-electron chi connectivity index (χ3n) is 4.93. The van der Waals surface area contributed by atoms with E-state index in [0.717, 1.165) is 16.8 Å². The van der Waals surface area contributed by atoms with Crippen molar-refractivity contribution < 1.29 is 14.3 Å². The molecule has 1 saturated heterocycles. The van der Waals surface area contributed by atoms with E-state index >= 15 is 0 Å². The lowest BCUT2D eigenvalue weighted by molar-refractivity contribution is -0.115. The summed E-state index contributed by atoms with van der Waals surface area (Å²) in [6.07, 6.45) is 1.74. The Morgan fingerprint density at radius 1 is 1.00 bits per heavy atom. The van der Waals surface area contributed by atoms with Gasteiger partial charge >= 0.3 is 0 Å². The van der Waals surface area contributed by atoms with Crippen LogP contribution in [0.5, 0.6) is 11.5 Å². The molecule has 180 valence electrons. The molecule has 1 N–H and O–H groups in total. The lowest BCUT2D eigenvalue weighted by Crippen LogP contribution is -2.19. The van der Waals surface area contributed by atoms with Gasteiger partial charge in [-0.1, -0.05) is 58.6 Å². The highest BCUT2D eigenvalue weighted by molar-refractivity contribution is 8.18. The highest BCUT2D eigenvalue weighted by Crippen LogP contribution is 2.39. The summed E-state index contributed by atoms with van der Waals surface area (Å²) in [4.78, 5) is 17.5. The molecule has 0 aliphatic carbocycles. The van der Waals surface area contributed by atoms with Crippen LogP contribution in [-0.2, 0) is 11.4 Å². The third kappa shape index (κ3) is 6.53. The van der Waals surface area contributed by atoms with Crippen LogP contribution in [0.1, 0.15) is 23.6 Å². The summed E-state index contributed by atoms with van der Waals surface area (Å²) < 4.78 is 11.7. The van der Waals surface area contributed by atoms with Gasteiger partial charge < -0.3 is 14.8 Å². The van der Waals surface area contributed by atoms with E-state index in [0.29, 0.717) is 48.8 Å². The number of nitrogens with zero attached hydrogens (tertiary/aromatic N) is 1. The van der Waals surface area contributed by atoms with Gasteiger partial charge in [-0.25, -0.2) is 4.99 Å². The number of halogens is 3. The molecule has 5 nitrogen and oxygen atoms in total. The maximum absolute atomic E-state index is 12.5. The molecular formula is C26H21Cl3N2O3S. The zero-order valence-corrected chi connectivity index (χ0v) is 22.0. The minimum absolute atomic E-state index is 0.188. The Morgan fingerprint density at radius 3 is 2.49 bits per heavy atom. The number of amides is 1. The topological polar surface area (TPSA) is 59.9 Å². The SMILES string of the molecule is CCOc1cc(/C=C2/SC(=Nc3ccc(C)cc3)NC2=O)cc(Cl)c1OCc1ccc(Cl)cc1Cl. The second-order valence-corrected chi connectivity index (χ2v) is 9.89. The molecule has 1 aliphatic heterocycles. The maximum Gasteiger partial charge on any atom is 0.264 e. The number of aryl methyl sites for hydroxylation is 1. The Kier molecular flexibility index (Phi) is 8.29. The molecule has 0 saturated carbocycles. The smallest absolute Gasteiger partial charge is 0.264 e. The lowest BCUT2D eigenvalue weighted by atomic mass is 10.1. The molecule has 1 fully saturated rings. The second kappa shape index (κ2) is 11.4. The number of thioether (sulfide) groups is 1. The van der Waals surface area contributed by atoms with Crippen molar-refractivity contribution in [3.05, 3.63) is 91.3 Å². The average molecular weight is 548 g/mol. The number of rotatable bonds is 7. The van der Waals surface area contributed by atoms with Gasteiger partial charge in [-0.15, -0.1) is 0 Å². The van der Waals surface area contributed by atoms with Gasteiger partial charge in [-0.05, 0) is 73.6 Å². The summed E-state index contributed by atoms with van der Waals surface area (Å²) >= 11 is 20.0. The Morgan fingerprint density at radius 2 is 1.77 bits per heavy atom. The number of carbonyl (C=O) groups is 1. The summed E-state index contributed by atoms with van der Waals surface area (Å²) in [5, 5.41) is 4.71. The van der Waals surface area contributed by atoms with Crippen molar-refractivity contribution in [1.82, 2.24) is 5.32 Å². The predicted molar refractivity (Wildman–Crippen MR) is 145 cm³/mol. The van der Waals surface area contributed by atoms with E-state index in [9.17, 15) is 4.79 Å². The van der Waals surface area contributed by atoms with Gasteiger partial charge in [-0.2, -0.15) is 0 Å². The van der Waals surface area contributed by atoms with Gasteiger partial charge in [0, 0.05) is 15.6 Å². The predicted octanol–water partition coefficient (Wildman–Crippen LogP) is 7.82. The minimum Gasteiger partial charge on any atom is -0.490 e. The Balaban J connectivity index is 1.56. The fourth-order valence-electron chi connectivity index (χ4n) is 3.23. The second-order valence-electron chi connectivity index (χ2n) is 7.60. The summed E-state index contributed by atoms with van der Waals surface area (Å²) in [6.45, 7) is 4.48. The number of carbonyl (C=O) groups excluding carboxylic acids is 1. The van der Waals surface area contributed by atoms with Gasteiger partial charge in [0.1, 0.15) is 6.61 Å². The van der Waals surface area contributed by atoms with Crippen LogP contribution in [0.3, 0.4) is 0 Å². The van der Waals surface area contributed by atoms with Gasteiger partial charge in [-0.3, -0.25) is 4.79 Å². The molecule has 0 atom stereocenters. The van der Waals surface area contributed by atoms with E-state index in [1.54, 1.807) is 36.4 Å². The normalized spacial score (nSPS) is 15.5. The Bertz CT molecular complexity index is 1320. The van der Waals surface area contributed by atoms with Crippen LogP contribution in [0.2, 0.25) is 15.1 Å². The monoisotopic (exact) mass is 546 g/mol. The molecule has 35 heavy (non-hydrogen) atoms. The van der Waals surface area contributed by atoms with Gasteiger partial charge in [0.05, 0.1) is 22.2 Å². The molecule has 1 amide bonds. The van der Waals surface area contributed by atoms with E-state index in [2.05, 4.69) is 10.3 Å². The van der Waals surface area contributed by atoms with Crippen LogP contribution in [0, 0.1) is 6.92 Å². The molecule has 0 bridgehead atoms. The summed E-state index contributed by atoms with van der Waals surface area (Å²) in [5.41, 5.74) is 3.37. The van der Waals surface area contributed by atoms with E-state index in [1.165, 1.54) is 11.8 Å². The molecule has 0 spiro atoms. The van der Waals surface area contributed by atoms with E-state index in [-0.39, 0.29) is 12.5 Å². The number of ether oxygens (including phenoxy) is 2. The van der Waals surface area contributed by atoms with E-state index in [4.69, 9.17) is 44.3 Å². The first-order valence-electron chi connectivity index (χ1n) is 10.7. The van der Waals surface area contributed by atoms with E-state index < -0.39 is 0 Å². The standard InChI is InChI=1S/C26H21Cl3N2O3S/c1-3-33-22-11-16(10-21(29)24(22)34-14-17-6-7-18(27)13-20(17)28)12-23-25(32)31-26(35-23)30-19-8-4-15(2)5-9-19/h4-13H,3,14H2,1-2H3,(H,30,31,32)/b23-12+. The highest BCUT2D eigenvalue weighted by Gasteiger charge is 2.24. The lowest BCUT2D eigenvalue weighted by Gasteiger charge is -2.15. The molecule has 1 aliphatic rings. The van der Waals surface area contributed by atoms with Gasteiger partial charge in [0.25, 0.3) is 5.91 Å². The van der Waals surface area contributed by atoms with E-state index in [1.807, 2.05) is 38.1 Å². The fourth-order valence-corrected chi connectivity index (χ4v) is 4.81. The largest absolute Gasteiger partial charge is 0.490 e. The first-order valence-corrected chi connectivity index (χ1v) is 12.7. The molecule has 3 aromatic carbocycles. The number of hydrogen-bond acceptors (Lipinski definition) is 5. The van der Waals surface area contributed by atoms with Crippen LogP contribution < -0.4 is 14.8 Å². The highest BCUT2D eigenvalue weighted by atomic mass is 35.5. The van der Waals surface area contributed by atoms with Gasteiger partial charge in [0.2, 0.25) is 0 Å². The van der Waals surface area contributed by atoms with Crippen molar-refractivity contribution in [3.63, 3.8) is 0 Å². The first kappa shape index (κ1) is 25.5. The van der Waals surface area contributed by atoms with Crippen molar-refractivity contribution in [2.45, 2.75) is 20.5 Å². The fraction of sp³-hybridized carbons (Fsp3) is 0.154. The van der Waals surface area contributed by atoms with Crippen molar-refractivity contribution in [3.8, 4) is 11.5 Å². The molecule has 4 rings (SSSR count). The Hall–Kier alpha value is -2.64. The first-order chi connectivity index (χ1) is 16.8. The zero-order chi connectivity index (χ0) is 24.9. The molecule has 0 aromatic heterocycles. The molecule has 3 aromatic rings. The minimum atomic E-state index is -0.229. The molecular weight excluding hydrogens is 527 g/mol. The quantitative estimate of drug-likeness (QED) is 0.306. The molecule has 0 radical (unpaired) electrons. The number of hydrogen-bond donors (Lipinski definition) is 1. The van der Waals surface area contributed by atoms with Crippen LogP contribution in [-0.4, -0.2) is 17.7 Å². The molecule has 1 heterocycles. The number of nitrogens with one attached hydrogen (secondary N) is 1. The summed E-state index contributed by atoms with van der Waals surface area (Å²) in [7, 11) is 0. The zero-order valence-electron chi connectivity index (χ0n) is 18.9. The number of benzene rings is 3. The third-order valence-corrected chi connectivity index (χ3v) is 6.71. The maximum atomic E-state index is 12.5. The van der Waals surface area contributed by atoms with Crippen LogP contribution in [0.4, 0.5) is 5.69 Å². The van der Waals surface area contributed by atoms with Crippen molar-refractivity contribution in [2.75, 3.05) is 6.61 Å². The van der Waals surface area contributed by atoms with Crippen LogP contribution >= 0.6 is 46.6 Å². The summed E-state index contributed by atoms with van der Waals surface area (Å²) in [6, 6.07) is 16.4. The summed E-state index contributed by atoms with van der Waals surface area (Å²) in [5.74, 6) is 0.633. The molecule has 9 heteroatoms. The average Bonchev–Trinajstić information content (AvgIpc) is 3.14. The van der Waals surface area contributed by atoms with Gasteiger partial charge in [0.15, 0.2) is 16.7 Å². The van der Waals surface area contributed by atoms with Crippen LogP contribution in [0.25, 0.3) is 6.08 Å². The van der Waals surface area contributed by atoms with Crippen LogP contribution in [0.15, 0.2) is 64.5 Å². The van der Waals surface area contributed by atoms with Crippen molar-refractivity contribution in [2.24, 2.45) is 4.99 Å². The van der Waals surface area contributed by atoms with Crippen molar-refractivity contribution >= 4 is 69.4 Å².